The molecule has 98 valence electrons. The Morgan fingerprint density at radius 2 is 1.82 bits per heavy atom. The van der Waals surface area contributed by atoms with Crippen molar-refractivity contribution >= 4 is 6.09 Å². The Kier molecular flexibility index (Phi) is 3.10. The number of carbonyl (C=O) groups is 1. The third-order valence-electron chi connectivity index (χ3n) is 3.62. The number of hydrogen-bond acceptors (Lipinski definition) is 3. The summed E-state index contributed by atoms with van der Waals surface area (Å²) in [6.07, 6.45) is 3.41. The molecule has 0 aromatic rings. The molecule has 2 rings (SSSR count). The van der Waals surface area contributed by atoms with Crippen LogP contribution in [0.5, 0.6) is 0 Å². The zero-order chi connectivity index (χ0) is 12.7. The molecule has 0 unspecified atom stereocenters. The van der Waals surface area contributed by atoms with Crippen molar-refractivity contribution in [2.45, 2.75) is 57.7 Å². The molecule has 1 aliphatic carbocycles. The maximum absolute atomic E-state index is 11.8. The molecule has 1 heterocycles. The molecular weight excluding hydrogens is 218 g/mol. The standard InChI is InChI=1S/C13H23NO3/c1-12(2,3)17-11(15)14-8-6-13(16,7-9-14)10-4-5-10/h10,16H,4-9H2,1-3H3. The van der Waals surface area contributed by atoms with Crippen molar-refractivity contribution < 1.29 is 14.6 Å². The first kappa shape index (κ1) is 12.7. The van der Waals surface area contributed by atoms with Gasteiger partial charge in [0.25, 0.3) is 0 Å². The second kappa shape index (κ2) is 4.16. The number of piperidine rings is 1. The molecular formula is C13H23NO3. The smallest absolute Gasteiger partial charge is 0.410 e. The van der Waals surface area contributed by atoms with Crippen molar-refractivity contribution in [3.8, 4) is 0 Å². The third kappa shape index (κ3) is 3.12. The van der Waals surface area contributed by atoms with E-state index in [4.69, 9.17) is 4.74 Å². The van der Waals surface area contributed by atoms with Gasteiger partial charge in [-0.3, -0.25) is 0 Å². The molecule has 4 nitrogen and oxygen atoms in total. The second-order valence-electron chi connectivity index (χ2n) is 6.35. The molecule has 1 saturated carbocycles. The van der Waals surface area contributed by atoms with E-state index in [1.807, 2.05) is 20.8 Å². The number of ether oxygens (including phenoxy) is 1. The molecule has 2 fully saturated rings. The third-order valence-corrected chi connectivity index (χ3v) is 3.62. The lowest BCUT2D eigenvalue weighted by molar-refractivity contribution is -0.0453. The summed E-state index contributed by atoms with van der Waals surface area (Å²) in [5.74, 6) is 0.475. The topological polar surface area (TPSA) is 49.8 Å². The van der Waals surface area contributed by atoms with Crippen molar-refractivity contribution in [3.05, 3.63) is 0 Å². The van der Waals surface area contributed by atoms with Gasteiger partial charge in [0, 0.05) is 13.1 Å². The molecule has 2 aliphatic rings. The molecule has 1 aliphatic heterocycles. The van der Waals surface area contributed by atoms with Gasteiger partial charge in [-0.15, -0.1) is 0 Å². The highest BCUT2D eigenvalue weighted by atomic mass is 16.6. The molecule has 1 N–H and O–H groups in total. The van der Waals surface area contributed by atoms with E-state index < -0.39 is 11.2 Å². The van der Waals surface area contributed by atoms with Crippen LogP contribution in [-0.2, 0) is 4.74 Å². The first-order valence-corrected chi connectivity index (χ1v) is 6.50. The van der Waals surface area contributed by atoms with Crippen LogP contribution in [0, 0.1) is 5.92 Å². The van der Waals surface area contributed by atoms with Gasteiger partial charge < -0.3 is 14.7 Å². The fourth-order valence-corrected chi connectivity index (χ4v) is 2.43. The zero-order valence-electron chi connectivity index (χ0n) is 11.0. The Balaban J connectivity index is 1.84. The van der Waals surface area contributed by atoms with Gasteiger partial charge in [-0.25, -0.2) is 4.79 Å². The fourth-order valence-electron chi connectivity index (χ4n) is 2.43. The SMILES string of the molecule is CC(C)(C)OC(=O)N1CCC(O)(C2CC2)CC1. The van der Waals surface area contributed by atoms with Crippen molar-refractivity contribution in [2.24, 2.45) is 5.92 Å². The van der Waals surface area contributed by atoms with E-state index >= 15 is 0 Å². The van der Waals surface area contributed by atoms with Gasteiger partial charge >= 0.3 is 6.09 Å². The van der Waals surface area contributed by atoms with E-state index in [2.05, 4.69) is 0 Å². The molecule has 0 radical (unpaired) electrons. The Hall–Kier alpha value is -0.770. The summed E-state index contributed by atoms with van der Waals surface area (Å²) in [7, 11) is 0. The van der Waals surface area contributed by atoms with E-state index in [0.29, 0.717) is 31.8 Å². The Bertz CT molecular complexity index is 296. The largest absolute Gasteiger partial charge is 0.444 e. The maximum Gasteiger partial charge on any atom is 0.410 e. The molecule has 0 aromatic carbocycles. The Morgan fingerprint density at radius 1 is 1.29 bits per heavy atom. The number of aliphatic hydroxyl groups is 1. The maximum atomic E-state index is 11.8. The van der Waals surface area contributed by atoms with Gasteiger partial charge in [-0.05, 0) is 52.4 Å². The highest BCUT2D eigenvalue weighted by Crippen LogP contribution is 2.45. The van der Waals surface area contributed by atoms with Crippen LogP contribution in [0.2, 0.25) is 0 Å². The number of carbonyl (C=O) groups excluding carboxylic acids is 1. The summed E-state index contributed by atoms with van der Waals surface area (Å²) in [5.41, 5.74) is -0.958. The van der Waals surface area contributed by atoms with Crippen LogP contribution >= 0.6 is 0 Å². The molecule has 4 heteroatoms. The summed E-state index contributed by atoms with van der Waals surface area (Å²) >= 11 is 0. The number of rotatable bonds is 1. The van der Waals surface area contributed by atoms with Crippen LogP contribution in [0.3, 0.4) is 0 Å². The van der Waals surface area contributed by atoms with Crippen LogP contribution in [0.15, 0.2) is 0 Å². The molecule has 0 bridgehead atoms. The summed E-state index contributed by atoms with van der Waals surface area (Å²) < 4.78 is 5.33. The van der Waals surface area contributed by atoms with Gasteiger partial charge in [0.15, 0.2) is 0 Å². The highest BCUT2D eigenvalue weighted by molar-refractivity contribution is 5.68. The predicted molar refractivity (Wildman–Crippen MR) is 64.7 cm³/mol. The summed E-state index contributed by atoms with van der Waals surface area (Å²) in [5, 5.41) is 10.4. The van der Waals surface area contributed by atoms with Crippen LogP contribution < -0.4 is 0 Å². The van der Waals surface area contributed by atoms with E-state index in [-0.39, 0.29) is 6.09 Å². The van der Waals surface area contributed by atoms with Crippen LogP contribution in [0.25, 0.3) is 0 Å². The van der Waals surface area contributed by atoms with Crippen molar-refractivity contribution in [1.82, 2.24) is 4.90 Å². The monoisotopic (exact) mass is 241 g/mol. The van der Waals surface area contributed by atoms with Crippen molar-refractivity contribution in [1.29, 1.82) is 0 Å². The summed E-state index contributed by atoms with van der Waals surface area (Å²) in [6.45, 7) is 6.84. The van der Waals surface area contributed by atoms with Gasteiger partial charge in [0.2, 0.25) is 0 Å². The first-order valence-electron chi connectivity index (χ1n) is 6.50. The van der Waals surface area contributed by atoms with E-state index in [0.717, 1.165) is 12.8 Å². The summed E-state index contributed by atoms with van der Waals surface area (Å²) in [4.78, 5) is 13.5. The minimum Gasteiger partial charge on any atom is -0.444 e. The minimum atomic E-state index is -0.515. The van der Waals surface area contributed by atoms with E-state index in [1.54, 1.807) is 4.90 Å². The van der Waals surface area contributed by atoms with Crippen molar-refractivity contribution in [2.75, 3.05) is 13.1 Å². The highest BCUT2D eigenvalue weighted by Gasteiger charge is 2.46. The number of amides is 1. The number of likely N-dealkylation sites (tertiary alicyclic amines) is 1. The molecule has 0 spiro atoms. The van der Waals surface area contributed by atoms with Crippen LogP contribution in [0.1, 0.15) is 46.5 Å². The average molecular weight is 241 g/mol. The normalized spacial score (nSPS) is 24.6. The van der Waals surface area contributed by atoms with Crippen LogP contribution in [-0.4, -0.2) is 40.4 Å². The first-order chi connectivity index (χ1) is 7.80. The molecule has 0 atom stereocenters. The minimum absolute atomic E-state index is 0.254. The lowest BCUT2D eigenvalue weighted by Crippen LogP contribution is -2.49. The lowest BCUT2D eigenvalue weighted by atomic mass is 9.87. The van der Waals surface area contributed by atoms with Gasteiger partial charge in [0.05, 0.1) is 5.60 Å². The fraction of sp³-hybridized carbons (Fsp3) is 0.923. The number of hydrogen-bond donors (Lipinski definition) is 1. The van der Waals surface area contributed by atoms with Gasteiger partial charge in [0.1, 0.15) is 5.60 Å². The average Bonchev–Trinajstić information content (AvgIpc) is 2.98. The van der Waals surface area contributed by atoms with E-state index in [9.17, 15) is 9.90 Å². The number of nitrogens with zero attached hydrogens (tertiary/aromatic N) is 1. The molecule has 1 amide bonds. The molecule has 17 heavy (non-hydrogen) atoms. The predicted octanol–water partition coefficient (Wildman–Crippen LogP) is 2.16. The second-order valence-corrected chi connectivity index (χ2v) is 6.35. The Labute approximate surface area is 103 Å². The lowest BCUT2D eigenvalue weighted by Gasteiger charge is -2.38. The Morgan fingerprint density at radius 3 is 2.24 bits per heavy atom. The van der Waals surface area contributed by atoms with E-state index in [1.165, 1.54) is 0 Å². The van der Waals surface area contributed by atoms with Crippen LogP contribution in [0.4, 0.5) is 4.79 Å². The van der Waals surface area contributed by atoms with Gasteiger partial charge in [-0.2, -0.15) is 0 Å². The van der Waals surface area contributed by atoms with Crippen molar-refractivity contribution in [3.63, 3.8) is 0 Å². The quantitative estimate of drug-likeness (QED) is 0.765. The molecule has 1 saturated heterocycles. The zero-order valence-corrected chi connectivity index (χ0v) is 11.0. The molecule has 0 aromatic heterocycles. The van der Waals surface area contributed by atoms with Gasteiger partial charge in [-0.1, -0.05) is 0 Å². The summed E-state index contributed by atoms with van der Waals surface area (Å²) in [6, 6.07) is 0.